The van der Waals surface area contributed by atoms with Crippen LogP contribution in [0.2, 0.25) is 0 Å². The highest BCUT2D eigenvalue weighted by Gasteiger charge is 2.39. The quantitative estimate of drug-likeness (QED) is 0.0760. The number of rotatable bonds is 16. The molecule has 7 aromatic rings. The Hall–Kier alpha value is -6.21. The summed E-state index contributed by atoms with van der Waals surface area (Å²) in [5, 5.41) is 6.71. The molecule has 2 N–H and O–H groups in total. The van der Waals surface area contributed by atoms with Crippen molar-refractivity contribution in [1.82, 2.24) is 10.6 Å². The molecule has 0 saturated carbocycles. The Morgan fingerprint density at radius 2 is 0.821 bits per heavy atom. The highest BCUT2D eigenvalue weighted by Crippen LogP contribution is 2.48. The number of amides is 1. The van der Waals surface area contributed by atoms with Gasteiger partial charge in [-0.2, -0.15) is 0 Å². The SMILES string of the molecule is O=C(CNC(=O)C(CSC(c1ccccc1)(c1ccccc1)c1ccccc1)NC(c1ccccc1)c1ccccc1)OC(c1ccccc1)c1ccccc1. The van der Waals surface area contributed by atoms with Gasteiger partial charge in [0.1, 0.15) is 6.54 Å². The molecule has 0 aliphatic heterocycles. The van der Waals surface area contributed by atoms with E-state index in [1.165, 1.54) is 0 Å². The average Bonchev–Trinajstić information content (AvgIpc) is 3.28. The van der Waals surface area contributed by atoms with Crippen LogP contribution in [0.25, 0.3) is 0 Å². The van der Waals surface area contributed by atoms with Gasteiger partial charge in [0, 0.05) is 5.75 Å². The highest BCUT2D eigenvalue weighted by atomic mass is 32.2. The highest BCUT2D eigenvalue weighted by molar-refractivity contribution is 8.00. The molecule has 0 heterocycles. The van der Waals surface area contributed by atoms with Gasteiger partial charge in [-0.1, -0.05) is 212 Å². The fourth-order valence-electron chi connectivity index (χ4n) is 7.09. The molecule has 0 fully saturated rings. The lowest BCUT2D eigenvalue weighted by molar-refractivity contribution is -0.147. The van der Waals surface area contributed by atoms with Crippen LogP contribution >= 0.6 is 11.8 Å². The third-order valence-electron chi connectivity index (χ3n) is 9.82. The normalized spacial score (nSPS) is 11.9. The molecule has 0 radical (unpaired) electrons. The Kier molecular flexibility index (Phi) is 12.8. The van der Waals surface area contributed by atoms with Crippen molar-refractivity contribution in [3.05, 3.63) is 251 Å². The number of nitrogens with one attached hydrogen (secondary N) is 2. The number of ether oxygens (including phenoxy) is 1. The van der Waals surface area contributed by atoms with Crippen molar-refractivity contribution in [2.45, 2.75) is 22.9 Å². The second kappa shape index (κ2) is 18.9. The van der Waals surface area contributed by atoms with Crippen molar-refractivity contribution in [1.29, 1.82) is 0 Å². The lowest BCUT2D eigenvalue weighted by atomic mass is 9.84. The van der Waals surface area contributed by atoms with Gasteiger partial charge in [0.2, 0.25) is 5.91 Å². The summed E-state index contributed by atoms with van der Waals surface area (Å²) in [5.74, 6) is -0.463. The molecule has 7 rings (SSSR count). The zero-order valence-electron chi connectivity index (χ0n) is 31.0. The van der Waals surface area contributed by atoms with E-state index >= 15 is 0 Å². The third kappa shape index (κ3) is 9.17. The Morgan fingerprint density at radius 1 is 0.482 bits per heavy atom. The molecular formula is C50H44N2O3S. The number of hydrogen-bond acceptors (Lipinski definition) is 5. The van der Waals surface area contributed by atoms with E-state index in [0.717, 1.165) is 38.9 Å². The van der Waals surface area contributed by atoms with Crippen LogP contribution in [-0.2, 0) is 19.1 Å². The minimum absolute atomic E-state index is 0.291. The van der Waals surface area contributed by atoms with Crippen LogP contribution in [0.4, 0.5) is 0 Å². The standard InChI is InChI=1S/C50H44N2O3S/c53-46(55-48(40-26-12-3-13-27-40)41-28-14-4-15-29-41)36-51-49(54)45(52-47(38-22-8-1-9-23-38)39-24-10-2-11-25-39)37-56-50(42-30-16-5-17-31-42,43-32-18-6-19-33-43)44-34-20-7-21-35-44/h1-35,45,47-48,52H,36-37H2,(H,51,54). The Bertz CT molecular complexity index is 2070. The van der Waals surface area contributed by atoms with Gasteiger partial charge < -0.3 is 10.1 Å². The average molecular weight is 753 g/mol. The predicted octanol–water partition coefficient (Wildman–Crippen LogP) is 9.91. The summed E-state index contributed by atoms with van der Waals surface area (Å²) < 4.78 is 5.42. The Morgan fingerprint density at radius 3 is 1.20 bits per heavy atom. The molecule has 1 atom stereocenters. The first kappa shape index (κ1) is 38.1. The third-order valence-corrected chi connectivity index (χ3v) is 11.5. The molecule has 0 spiro atoms. The van der Waals surface area contributed by atoms with Gasteiger partial charge in [-0.15, -0.1) is 11.8 Å². The first-order valence-corrected chi connectivity index (χ1v) is 19.8. The van der Waals surface area contributed by atoms with E-state index < -0.39 is 22.9 Å². The van der Waals surface area contributed by atoms with E-state index in [9.17, 15) is 9.59 Å². The van der Waals surface area contributed by atoms with E-state index in [1.807, 2.05) is 115 Å². The monoisotopic (exact) mass is 752 g/mol. The van der Waals surface area contributed by atoms with Crippen LogP contribution in [-0.4, -0.2) is 30.2 Å². The molecule has 278 valence electrons. The summed E-state index contributed by atoms with van der Waals surface area (Å²) in [6, 6.07) is 69.9. The van der Waals surface area contributed by atoms with E-state index in [-0.39, 0.29) is 18.5 Å². The lowest BCUT2D eigenvalue weighted by Gasteiger charge is -2.37. The summed E-state index contributed by atoms with van der Waals surface area (Å²) in [6.07, 6.45) is -0.616. The molecule has 1 amide bonds. The van der Waals surface area contributed by atoms with Gasteiger partial charge >= 0.3 is 5.97 Å². The molecular weight excluding hydrogens is 709 g/mol. The van der Waals surface area contributed by atoms with Crippen molar-refractivity contribution in [3.63, 3.8) is 0 Å². The summed E-state index contributed by atoms with van der Waals surface area (Å²) in [7, 11) is 0. The Labute approximate surface area is 333 Å². The number of hydrogen-bond donors (Lipinski definition) is 2. The smallest absolute Gasteiger partial charge is 0.326 e. The predicted molar refractivity (Wildman–Crippen MR) is 227 cm³/mol. The van der Waals surface area contributed by atoms with Crippen molar-refractivity contribution >= 4 is 23.6 Å². The molecule has 0 saturated heterocycles. The van der Waals surface area contributed by atoms with Crippen LogP contribution in [0, 0.1) is 0 Å². The van der Waals surface area contributed by atoms with Crippen LogP contribution in [0.15, 0.2) is 212 Å². The fourth-order valence-corrected chi connectivity index (χ4v) is 8.67. The van der Waals surface area contributed by atoms with Crippen molar-refractivity contribution < 1.29 is 14.3 Å². The molecule has 0 aliphatic rings. The molecule has 7 aromatic carbocycles. The maximum absolute atomic E-state index is 14.6. The summed E-state index contributed by atoms with van der Waals surface area (Å²) in [4.78, 5) is 28.2. The van der Waals surface area contributed by atoms with Gasteiger partial charge in [0.05, 0.1) is 16.8 Å². The molecule has 6 heteroatoms. The first-order chi connectivity index (χ1) is 27.6. The van der Waals surface area contributed by atoms with Gasteiger partial charge in [-0.05, 0) is 38.9 Å². The van der Waals surface area contributed by atoms with Gasteiger partial charge in [-0.3, -0.25) is 14.9 Å². The zero-order chi connectivity index (χ0) is 38.4. The zero-order valence-corrected chi connectivity index (χ0v) is 31.8. The topological polar surface area (TPSA) is 67.4 Å². The van der Waals surface area contributed by atoms with Crippen LogP contribution < -0.4 is 10.6 Å². The largest absolute Gasteiger partial charge is 0.451 e. The number of thioether (sulfide) groups is 1. The van der Waals surface area contributed by atoms with E-state index in [0.29, 0.717) is 5.75 Å². The van der Waals surface area contributed by atoms with Gasteiger partial charge in [-0.25, -0.2) is 0 Å². The molecule has 56 heavy (non-hydrogen) atoms. The summed E-state index contributed by atoms with van der Waals surface area (Å²) in [5.41, 5.74) is 7.04. The van der Waals surface area contributed by atoms with E-state index in [2.05, 4.69) is 108 Å². The van der Waals surface area contributed by atoms with Crippen molar-refractivity contribution in [3.8, 4) is 0 Å². The first-order valence-electron chi connectivity index (χ1n) is 18.9. The molecule has 5 nitrogen and oxygen atoms in total. The number of carbonyl (C=O) groups is 2. The van der Waals surface area contributed by atoms with Crippen LogP contribution in [0.5, 0.6) is 0 Å². The van der Waals surface area contributed by atoms with Crippen LogP contribution in [0.3, 0.4) is 0 Å². The van der Waals surface area contributed by atoms with Gasteiger partial charge in [0.25, 0.3) is 0 Å². The second-order valence-electron chi connectivity index (χ2n) is 13.5. The molecule has 0 bridgehead atoms. The summed E-state index contributed by atoms with van der Waals surface area (Å²) >= 11 is 1.70. The molecule has 0 aromatic heterocycles. The molecule has 0 aliphatic carbocycles. The fraction of sp³-hybridized carbons (Fsp3) is 0.120. The maximum atomic E-state index is 14.6. The minimum atomic E-state index is -0.729. The van der Waals surface area contributed by atoms with Gasteiger partial charge in [0.15, 0.2) is 6.10 Å². The summed E-state index contributed by atoms with van der Waals surface area (Å²) in [6.45, 7) is -0.291. The van der Waals surface area contributed by atoms with Crippen LogP contribution in [0.1, 0.15) is 51.1 Å². The Balaban J connectivity index is 1.22. The lowest BCUT2D eigenvalue weighted by Crippen LogP contribution is -2.49. The molecule has 1 unspecified atom stereocenters. The number of esters is 1. The second-order valence-corrected chi connectivity index (χ2v) is 14.7. The number of benzene rings is 7. The maximum Gasteiger partial charge on any atom is 0.326 e. The van der Waals surface area contributed by atoms with Crippen molar-refractivity contribution in [2.75, 3.05) is 12.3 Å². The van der Waals surface area contributed by atoms with E-state index in [4.69, 9.17) is 4.74 Å². The van der Waals surface area contributed by atoms with Crippen molar-refractivity contribution in [2.24, 2.45) is 0 Å². The van der Waals surface area contributed by atoms with E-state index in [1.54, 1.807) is 11.8 Å². The minimum Gasteiger partial charge on any atom is -0.451 e. The number of carbonyl (C=O) groups excluding carboxylic acids is 2.